The van der Waals surface area contributed by atoms with Crippen LogP contribution < -0.4 is 15.2 Å². The molecule has 34 heavy (non-hydrogen) atoms. The smallest absolute Gasteiger partial charge is 0.256 e. The summed E-state index contributed by atoms with van der Waals surface area (Å²) in [6.45, 7) is 4.31. The maximum absolute atomic E-state index is 12.1. The van der Waals surface area contributed by atoms with Crippen molar-refractivity contribution in [1.29, 1.82) is 0 Å². The SMILES string of the molecule is CC(=O)N(Oc1cccc(CN2CCCC(Nc3ccc4[nH]ncc4c3)C2)c1)c1cccnc1. The zero-order chi connectivity index (χ0) is 23.3. The minimum atomic E-state index is -0.211. The zero-order valence-corrected chi connectivity index (χ0v) is 19.1. The van der Waals surface area contributed by atoms with E-state index in [9.17, 15) is 4.79 Å². The Kier molecular flexibility index (Phi) is 6.40. The van der Waals surface area contributed by atoms with Crippen molar-refractivity contribution in [3.63, 3.8) is 0 Å². The number of rotatable bonds is 7. The lowest BCUT2D eigenvalue weighted by atomic mass is 10.0. The highest BCUT2D eigenvalue weighted by Crippen LogP contribution is 2.23. The third-order valence-corrected chi connectivity index (χ3v) is 5.98. The summed E-state index contributed by atoms with van der Waals surface area (Å²) in [7, 11) is 0. The minimum Gasteiger partial charge on any atom is -0.381 e. The molecule has 8 heteroatoms. The second-order valence-electron chi connectivity index (χ2n) is 8.65. The fourth-order valence-corrected chi connectivity index (χ4v) is 4.42. The van der Waals surface area contributed by atoms with Gasteiger partial charge in [-0.1, -0.05) is 12.1 Å². The first-order chi connectivity index (χ1) is 16.6. The molecule has 1 aliphatic rings. The van der Waals surface area contributed by atoms with Crippen molar-refractivity contribution in [3.05, 3.63) is 78.8 Å². The van der Waals surface area contributed by atoms with E-state index in [-0.39, 0.29) is 5.91 Å². The lowest BCUT2D eigenvalue weighted by Crippen LogP contribution is -2.41. The summed E-state index contributed by atoms with van der Waals surface area (Å²) in [6.07, 6.45) is 7.41. The number of nitrogens with one attached hydrogen (secondary N) is 2. The van der Waals surface area contributed by atoms with Crippen molar-refractivity contribution < 1.29 is 9.63 Å². The van der Waals surface area contributed by atoms with Crippen molar-refractivity contribution in [2.75, 3.05) is 23.5 Å². The molecule has 5 rings (SSSR count). The van der Waals surface area contributed by atoms with Crippen molar-refractivity contribution in [2.24, 2.45) is 0 Å². The molecule has 0 radical (unpaired) electrons. The molecule has 0 aliphatic carbocycles. The van der Waals surface area contributed by atoms with Gasteiger partial charge < -0.3 is 10.2 Å². The van der Waals surface area contributed by atoms with Gasteiger partial charge in [0, 0.05) is 43.3 Å². The van der Waals surface area contributed by atoms with Gasteiger partial charge >= 0.3 is 0 Å². The molecule has 2 N–H and O–H groups in total. The van der Waals surface area contributed by atoms with Gasteiger partial charge in [0.15, 0.2) is 5.75 Å². The molecule has 3 heterocycles. The lowest BCUT2D eigenvalue weighted by molar-refractivity contribution is -0.120. The summed E-state index contributed by atoms with van der Waals surface area (Å²) in [5.41, 5.74) is 3.91. The molecule has 1 atom stereocenters. The van der Waals surface area contributed by atoms with Gasteiger partial charge in [-0.3, -0.25) is 19.8 Å². The number of benzene rings is 2. The summed E-state index contributed by atoms with van der Waals surface area (Å²) >= 11 is 0. The van der Waals surface area contributed by atoms with E-state index in [0.717, 1.165) is 54.6 Å². The molecule has 8 nitrogen and oxygen atoms in total. The Hall–Kier alpha value is -3.91. The van der Waals surface area contributed by atoms with Gasteiger partial charge in [-0.15, -0.1) is 5.06 Å². The summed E-state index contributed by atoms with van der Waals surface area (Å²) < 4.78 is 0. The number of hydrogen-bond acceptors (Lipinski definition) is 6. The van der Waals surface area contributed by atoms with E-state index in [1.54, 1.807) is 24.5 Å². The van der Waals surface area contributed by atoms with Crippen LogP contribution in [0.1, 0.15) is 25.3 Å². The number of nitrogens with zero attached hydrogens (tertiary/aromatic N) is 4. The highest BCUT2D eigenvalue weighted by atomic mass is 16.7. The summed E-state index contributed by atoms with van der Waals surface area (Å²) in [4.78, 5) is 24.6. The normalized spacial score (nSPS) is 16.3. The third kappa shape index (κ3) is 5.18. The topological polar surface area (TPSA) is 86.4 Å². The van der Waals surface area contributed by atoms with Crippen LogP contribution in [0.3, 0.4) is 0 Å². The number of carbonyl (C=O) groups excluding carboxylic acids is 1. The first-order valence-electron chi connectivity index (χ1n) is 11.5. The zero-order valence-electron chi connectivity index (χ0n) is 19.1. The number of piperidine rings is 1. The van der Waals surface area contributed by atoms with Crippen LogP contribution in [0.25, 0.3) is 10.9 Å². The van der Waals surface area contributed by atoms with Crippen molar-refractivity contribution in [2.45, 2.75) is 32.4 Å². The van der Waals surface area contributed by atoms with E-state index < -0.39 is 0 Å². The Labute approximate surface area is 198 Å². The molecular weight excluding hydrogens is 428 g/mol. The molecule has 0 spiro atoms. The number of aromatic nitrogens is 3. The number of H-pyrrole nitrogens is 1. The maximum Gasteiger partial charge on any atom is 0.256 e. The van der Waals surface area contributed by atoms with Gasteiger partial charge in [0.1, 0.15) is 5.69 Å². The van der Waals surface area contributed by atoms with Crippen LogP contribution >= 0.6 is 0 Å². The number of aromatic amines is 1. The average molecular weight is 457 g/mol. The molecule has 1 fully saturated rings. The highest BCUT2D eigenvalue weighted by molar-refractivity contribution is 5.89. The van der Waals surface area contributed by atoms with Gasteiger partial charge in [-0.25, -0.2) is 0 Å². The molecule has 4 aromatic rings. The van der Waals surface area contributed by atoms with Crippen molar-refractivity contribution >= 4 is 28.2 Å². The van der Waals surface area contributed by atoms with E-state index in [2.05, 4.69) is 49.7 Å². The summed E-state index contributed by atoms with van der Waals surface area (Å²) in [6, 6.07) is 18.2. The fraction of sp³-hybridized carbons (Fsp3) is 0.269. The Balaban J connectivity index is 1.22. The molecule has 1 amide bonds. The van der Waals surface area contributed by atoms with Gasteiger partial charge in [0.25, 0.3) is 5.91 Å². The van der Waals surface area contributed by atoms with Crippen LogP contribution in [0.15, 0.2) is 73.2 Å². The minimum absolute atomic E-state index is 0.211. The second-order valence-corrected chi connectivity index (χ2v) is 8.65. The monoisotopic (exact) mass is 456 g/mol. The van der Waals surface area contributed by atoms with E-state index >= 15 is 0 Å². The van der Waals surface area contributed by atoms with E-state index in [1.807, 2.05) is 24.4 Å². The Morgan fingerprint density at radius 2 is 2.15 bits per heavy atom. The van der Waals surface area contributed by atoms with Gasteiger partial charge in [0.05, 0.1) is 17.9 Å². The molecule has 1 aliphatic heterocycles. The largest absolute Gasteiger partial charge is 0.381 e. The van der Waals surface area contributed by atoms with Gasteiger partial charge in [-0.2, -0.15) is 5.10 Å². The van der Waals surface area contributed by atoms with Crippen LogP contribution in [0.5, 0.6) is 5.75 Å². The number of carbonyl (C=O) groups is 1. The molecule has 2 aromatic heterocycles. The summed E-state index contributed by atoms with van der Waals surface area (Å²) in [5.74, 6) is 0.411. The first-order valence-corrected chi connectivity index (χ1v) is 11.5. The van der Waals surface area contributed by atoms with Gasteiger partial charge in [0.2, 0.25) is 0 Å². The number of anilines is 2. The Morgan fingerprint density at radius 1 is 1.21 bits per heavy atom. The molecule has 0 bridgehead atoms. The lowest BCUT2D eigenvalue weighted by Gasteiger charge is -2.33. The number of pyridine rings is 1. The molecule has 1 unspecified atom stereocenters. The molecule has 174 valence electrons. The summed E-state index contributed by atoms with van der Waals surface area (Å²) in [5, 5.41) is 13.2. The molecule has 0 saturated carbocycles. The Morgan fingerprint density at radius 3 is 3.00 bits per heavy atom. The Bertz CT molecular complexity index is 1260. The van der Waals surface area contributed by atoms with Crippen LogP contribution in [-0.2, 0) is 11.3 Å². The van der Waals surface area contributed by atoms with Crippen LogP contribution in [0.2, 0.25) is 0 Å². The standard InChI is InChI=1S/C26H28N6O2/c1-19(33)32(24-7-3-11-27-16-24)34-25-8-2-5-20(13-25)17-31-12-4-6-23(18-31)29-22-9-10-26-21(14-22)15-28-30-26/h2-3,5,7-11,13-16,23,29H,4,6,12,17-18H2,1H3,(H,28,30). The molecular formula is C26H28N6O2. The number of fused-ring (bicyclic) bond motifs is 1. The van der Waals surface area contributed by atoms with Crippen LogP contribution in [0.4, 0.5) is 11.4 Å². The number of hydroxylamine groups is 1. The van der Waals surface area contributed by atoms with Crippen LogP contribution in [-0.4, -0.2) is 45.1 Å². The van der Waals surface area contributed by atoms with Crippen molar-refractivity contribution in [1.82, 2.24) is 20.1 Å². The quantitative estimate of drug-likeness (QED) is 0.402. The molecule has 2 aromatic carbocycles. The fourth-order valence-electron chi connectivity index (χ4n) is 4.42. The van der Waals surface area contributed by atoms with Crippen molar-refractivity contribution in [3.8, 4) is 5.75 Å². The average Bonchev–Trinajstić information content (AvgIpc) is 3.31. The predicted molar refractivity (Wildman–Crippen MR) is 132 cm³/mol. The van der Waals surface area contributed by atoms with E-state index in [1.165, 1.54) is 12.0 Å². The number of likely N-dealkylation sites (tertiary alicyclic amines) is 1. The van der Waals surface area contributed by atoms with Gasteiger partial charge in [-0.05, 0) is 67.4 Å². The maximum atomic E-state index is 12.1. The number of hydrogen-bond donors (Lipinski definition) is 2. The predicted octanol–water partition coefficient (Wildman–Crippen LogP) is 4.38. The second kappa shape index (κ2) is 9.93. The highest BCUT2D eigenvalue weighted by Gasteiger charge is 2.21. The van der Waals surface area contributed by atoms with E-state index in [4.69, 9.17) is 4.84 Å². The number of amides is 1. The van der Waals surface area contributed by atoms with E-state index in [0.29, 0.717) is 17.5 Å². The first kappa shape index (κ1) is 21.9. The third-order valence-electron chi connectivity index (χ3n) is 5.98. The molecule has 1 saturated heterocycles. The van der Waals surface area contributed by atoms with Crippen LogP contribution in [0, 0.1) is 0 Å².